The Bertz CT molecular complexity index is 471. The highest BCUT2D eigenvalue weighted by molar-refractivity contribution is 5.37. The molecule has 1 atom stereocenters. The van der Waals surface area contributed by atoms with Crippen LogP contribution in [0.2, 0.25) is 0 Å². The van der Waals surface area contributed by atoms with Gasteiger partial charge in [-0.3, -0.25) is 4.90 Å². The van der Waals surface area contributed by atoms with Crippen LogP contribution in [0, 0.1) is 5.82 Å². The summed E-state index contributed by atoms with van der Waals surface area (Å²) < 4.78 is 14.4. The van der Waals surface area contributed by atoms with E-state index >= 15 is 0 Å². The zero-order valence-corrected chi connectivity index (χ0v) is 12.2. The molecule has 1 aromatic rings. The predicted octanol–water partition coefficient (Wildman–Crippen LogP) is 4.64. The van der Waals surface area contributed by atoms with Gasteiger partial charge in [0.1, 0.15) is 5.82 Å². The third-order valence-electron chi connectivity index (χ3n) is 4.55. The van der Waals surface area contributed by atoms with Crippen LogP contribution in [0.4, 0.5) is 4.39 Å². The van der Waals surface area contributed by atoms with Crippen molar-refractivity contribution in [3.63, 3.8) is 0 Å². The Hall–Kier alpha value is -0.890. The molecule has 3 rings (SSSR count). The smallest absolute Gasteiger partial charge is 0.128 e. The van der Waals surface area contributed by atoms with E-state index in [1.807, 2.05) is 6.07 Å². The fraction of sp³-hybridized carbons (Fsp3) is 0.647. The molecule has 0 N–H and O–H groups in total. The maximum atomic E-state index is 14.4. The summed E-state index contributed by atoms with van der Waals surface area (Å²) in [7, 11) is 0. The van der Waals surface area contributed by atoms with E-state index in [0.717, 1.165) is 18.5 Å². The van der Waals surface area contributed by atoms with E-state index in [2.05, 4.69) is 31.7 Å². The van der Waals surface area contributed by atoms with Crippen molar-refractivity contribution < 1.29 is 4.39 Å². The van der Waals surface area contributed by atoms with Gasteiger partial charge in [-0.25, -0.2) is 4.39 Å². The van der Waals surface area contributed by atoms with E-state index in [4.69, 9.17) is 0 Å². The van der Waals surface area contributed by atoms with Gasteiger partial charge in [0.25, 0.3) is 0 Å². The standard InChI is InChI=1S/C17H24FN/c1-17(2,3)19-11-5-8-15(19)16-13(12-9-10-12)6-4-7-14(16)18/h4,6-7,12,15H,5,8-11H2,1-3H3. The van der Waals surface area contributed by atoms with E-state index in [1.165, 1.54) is 24.8 Å². The van der Waals surface area contributed by atoms with Gasteiger partial charge in [-0.15, -0.1) is 0 Å². The van der Waals surface area contributed by atoms with Crippen LogP contribution in [-0.4, -0.2) is 17.0 Å². The van der Waals surface area contributed by atoms with Gasteiger partial charge in [0, 0.05) is 17.1 Å². The first-order chi connectivity index (χ1) is 8.98. The van der Waals surface area contributed by atoms with Crippen molar-refractivity contribution in [1.29, 1.82) is 0 Å². The maximum Gasteiger partial charge on any atom is 0.128 e. The molecule has 104 valence electrons. The van der Waals surface area contributed by atoms with Crippen molar-refractivity contribution in [1.82, 2.24) is 4.90 Å². The first kappa shape index (κ1) is 13.1. The van der Waals surface area contributed by atoms with Gasteiger partial charge in [-0.05, 0) is 70.5 Å². The van der Waals surface area contributed by atoms with Gasteiger partial charge in [-0.1, -0.05) is 12.1 Å². The van der Waals surface area contributed by atoms with E-state index in [9.17, 15) is 4.39 Å². The first-order valence-electron chi connectivity index (χ1n) is 7.53. The van der Waals surface area contributed by atoms with Crippen LogP contribution in [0.3, 0.4) is 0 Å². The van der Waals surface area contributed by atoms with Crippen molar-refractivity contribution in [3.8, 4) is 0 Å². The number of rotatable bonds is 2. The SMILES string of the molecule is CC(C)(C)N1CCCC1c1c(F)cccc1C1CC1. The Morgan fingerprint density at radius 3 is 2.53 bits per heavy atom. The van der Waals surface area contributed by atoms with Crippen molar-refractivity contribution in [2.45, 2.75) is 64.0 Å². The van der Waals surface area contributed by atoms with Gasteiger partial charge in [0.15, 0.2) is 0 Å². The van der Waals surface area contributed by atoms with Gasteiger partial charge in [0.2, 0.25) is 0 Å². The highest BCUT2D eigenvalue weighted by atomic mass is 19.1. The average molecular weight is 261 g/mol. The molecule has 1 unspecified atom stereocenters. The Balaban J connectivity index is 2.01. The normalized spacial score (nSPS) is 24.9. The van der Waals surface area contributed by atoms with E-state index in [0.29, 0.717) is 5.92 Å². The zero-order valence-electron chi connectivity index (χ0n) is 12.2. The number of hydrogen-bond donors (Lipinski definition) is 0. The molecule has 2 aliphatic rings. The number of halogens is 1. The summed E-state index contributed by atoms with van der Waals surface area (Å²) in [5.41, 5.74) is 2.39. The molecule has 1 aromatic carbocycles. The monoisotopic (exact) mass is 261 g/mol. The Morgan fingerprint density at radius 1 is 1.16 bits per heavy atom. The second-order valence-electron chi connectivity index (χ2n) is 7.04. The number of nitrogens with zero attached hydrogens (tertiary/aromatic N) is 1. The zero-order chi connectivity index (χ0) is 13.6. The quantitative estimate of drug-likeness (QED) is 0.749. The summed E-state index contributed by atoms with van der Waals surface area (Å²) in [5.74, 6) is 0.624. The molecular weight excluding hydrogens is 237 g/mol. The lowest BCUT2D eigenvalue weighted by Crippen LogP contribution is -2.41. The Morgan fingerprint density at radius 2 is 1.89 bits per heavy atom. The van der Waals surface area contributed by atoms with E-state index in [1.54, 1.807) is 6.07 Å². The van der Waals surface area contributed by atoms with Crippen molar-refractivity contribution in [2.75, 3.05) is 6.54 Å². The molecule has 1 aliphatic heterocycles. The molecule has 1 heterocycles. The van der Waals surface area contributed by atoms with Crippen LogP contribution in [0.25, 0.3) is 0 Å². The minimum absolute atomic E-state index is 0.00514. The third-order valence-corrected chi connectivity index (χ3v) is 4.55. The molecule has 0 amide bonds. The van der Waals surface area contributed by atoms with Gasteiger partial charge >= 0.3 is 0 Å². The number of likely N-dealkylation sites (tertiary alicyclic amines) is 1. The molecule has 2 fully saturated rings. The molecule has 19 heavy (non-hydrogen) atoms. The van der Waals surface area contributed by atoms with Gasteiger partial charge in [0.05, 0.1) is 0 Å². The third kappa shape index (κ3) is 2.43. The topological polar surface area (TPSA) is 3.24 Å². The van der Waals surface area contributed by atoms with Crippen molar-refractivity contribution in [3.05, 3.63) is 35.1 Å². The molecule has 1 nitrogen and oxygen atoms in total. The molecule has 0 radical (unpaired) electrons. The Labute approximate surface area is 115 Å². The van der Waals surface area contributed by atoms with E-state index < -0.39 is 0 Å². The van der Waals surface area contributed by atoms with Crippen LogP contribution in [0.15, 0.2) is 18.2 Å². The predicted molar refractivity (Wildman–Crippen MR) is 76.8 cm³/mol. The minimum atomic E-state index is 0.00514. The second kappa shape index (κ2) is 4.59. The second-order valence-corrected chi connectivity index (χ2v) is 7.04. The summed E-state index contributed by atoms with van der Waals surface area (Å²) in [6.45, 7) is 7.81. The summed E-state index contributed by atoms with van der Waals surface area (Å²) in [6, 6.07) is 5.94. The average Bonchev–Trinajstić information content (AvgIpc) is 3.05. The number of benzene rings is 1. The summed E-state index contributed by atoms with van der Waals surface area (Å²) in [6.07, 6.45) is 4.75. The van der Waals surface area contributed by atoms with Gasteiger partial charge in [-0.2, -0.15) is 0 Å². The molecule has 1 saturated heterocycles. The lowest BCUT2D eigenvalue weighted by atomic mass is 9.93. The molecular formula is C17H24FN. The maximum absolute atomic E-state index is 14.4. The number of hydrogen-bond acceptors (Lipinski definition) is 1. The molecule has 0 bridgehead atoms. The van der Waals surface area contributed by atoms with E-state index in [-0.39, 0.29) is 17.4 Å². The molecule has 0 spiro atoms. The van der Waals surface area contributed by atoms with Crippen LogP contribution >= 0.6 is 0 Å². The highest BCUT2D eigenvalue weighted by Crippen LogP contribution is 2.47. The van der Waals surface area contributed by atoms with Crippen LogP contribution in [0.5, 0.6) is 0 Å². The fourth-order valence-electron chi connectivity index (χ4n) is 3.53. The van der Waals surface area contributed by atoms with Crippen LogP contribution in [0.1, 0.15) is 69.5 Å². The molecule has 1 aliphatic carbocycles. The molecule has 2 heteroatoms. The van der Waals surface area contributed by atoms with Crippen LogP contribution in [-0.2, 0) is 0 Å². The highest BCUT2D eigenvalue weighted by Gasteiger charge is 2.38. The molecule has 1 saturated carbocycles. The van der Waals surface area contributed by atoms with Crippen molar-refractivity contribution in [2.24, 2.45) is 0 Å². The van der Waals surface area contributed by atoms with Crippen LogP contribution < -0.4 is 0 Å². The van der Waals surface area contributed by atoms with Gasteiger partial charge < -0.3 is 0 Å². The summed E-state index contributed by atoms with van der Waals surface area (Å²) >= 11 is 0. The lowest BCUT2D eigenvalue weighted by Gasteiger charge is -2.38. The fourth-order valence-corrected chi connectivity index (χ4v) is 3.53. The van der Waals surface area contributed by atoms with Crippen molar-refractivity contribution >= 4 is 0 Å². The summed E-state index contributed by atoms with van der Waals surface area (Å²) in [5, 5.41) is 0. The summed E-state index contributed by atoms with van der Waals surface area (Å²) in [4.78, 5) is 2.48. The lowest BCUT2D eigenvalue weighted by molar-refractivity contribution is 0.119. The Kier molecular flexibility index (Phi) is 3.17. The molecule has 0 aromatic heterocycles. The minimum Gasteiger partial charge on any atom is -0.291 e. The largest absolute Gasteiger partial charge is 0.291 e. The first-order valence-corrected chi connectivity index (χ1v) is 7.53.